The van der Waals surface area contributed by atoms with Crippen molar-refractivity contribution in [2.24, 2.45) is 5.41 Å². The van der Waals surface area contributed by atoms with E-state index in [2.05, 4.69) is 10.6 Å². The number of benzene rings is 1. The lowest BCUT2D eigenvalue weighted by Gasteiger charge is -2.32. The van der Waals surface area contributed by atoms with Crippen LogP contribution < -0.4 is 10.6 Å². The summed E-state index contributed by atoms with van der Waals surface area (Å²) in [6, 6.07) is 3.14. The van der Waals surface area contributed by atoms with Crippen LogP contribution in [-0.4, -0.2) is 19.0 Å². The van der Waals surface area contributed by atoms with Crippen LogP contribution in [0.4, 0.5) is 14.5 Å². The van der Waals surface area contributed by atoms with E-state index in [1.165, 1.54) is 6.07 Å². The van der Waals surface area contributed by atoms with Crippen molar-refractivity contribution in [2.75, 3.05) is 18.4 Å². The molecular weight excluding hydrogens is 238 g/mol. The van der Waals surface area contributed by atoms with Crippen molar-refractivity contribution >= 4 is 11.6 Å². The van der Waals surface area contributed by atoms with Crippen molar-refractivity contribution in [1.82, 2.24) is 5.32 Å². The number of rotatable bonds is 2. The van der Waals surface area contributed by atoms with E-state index in [1.807, 2.05) is 6.92 Å². The molecule has 2 rings (SSSR count). The summed E-state index contributed by atoms with van der Waals surface area (Å²) in [5, 5.41) is 5.71. The Bertz CT molecular complexity index is 456. The average Bonchev–Trinajstić information content (AvgIpc) is 2.33. The van der Waals surface area contributed by atoms with Crippen LogP contribution >= 0.6 is 0 Å². The van der Waals surface area contributed by atoms with E-state index in [0.717, 1.165) is 25.2 Å². The first-order valence-corrected chi connectivity index (χ1v) is 5.98. The molecule has 0 saturated carbocycles. The van der Waals surface area contributed by atoms with Gasteiger partial charge >= 0.3 is 0 Å². The van der Waals surface area contributed by atoms with Crippen LogP contribution in [0.3, 0.4) is 0 Å². The second-order valence-corrected chi connectivity index (χ2v) is 4.89. The second-order valence-electron chi connectivity index (χ2n) is 4.89. The minimum atomic E-state index is -0.749. The van der Waals surface area contributed by atoms with E-state index in [4.69, 9.17) is 0 Å². The number of halogens is 2. The molecule has 0 unspecified atom stereocenters. The number of carbonyl (C=O) groups excluding carboxylic acids is 1. The molecule has 0 aliphatic carbocycles. The van der Waals surface area contributed by atoms with Crippen LogP contribution in [0.2, 0.25) is 0 Å². The quantitative estimate of drug-likeness (QED) is 0.850. The zero-order valence-electron chi connectivity index (χ0n) is 10.2. The van der Waals surface area contributed by atoms with Gasteiger partial charge in [-0.1, -0.05) is 6.92 Å². The molecule has 3 nitrogen and oxygen atoms in total. The van der Waals surface area contributed by atoms with Gasteiger partial charge in [0.05, 0.1) is 5.69 Å². The van der Waals surface area contributed by atoms with Crippen molar-refractivity contribution < 1.29 is 13.6 Å². The summed E-state index contributed by atoms with van der Waals surface area (Å²) in [7, 11) is 0. The van der Waals surface area contributed by atoms with Gasteiger partial charge in [0, 0.05) is 11.5 Å². The fraction of sp³-hybridized carbons (Fsp3) is 0.462. The summed E-state index contributed by atoms with van der Waals surface area (Å²) in [6.07, 6.45) is 1.42. The first kappa shape index (κ1) is 13.0. The van der Waals surface area contributed by atoms with Crippen molar-refractivity contribution in [3.8, 4) is 0 Å². The number of amides is 1. The molecule has 0 aromatic heterocycles. The topological polar surface area (TPSA) is 41.1 Å². The van der Waals surface area contributed by atoms with E-state index in [9.17, 15) is 13.6 Å². The van der Waals surface area contributed by atoms with Gasteiger partial charge in [-0.25, -0.2) is 8.78 Å². The maximum atomic E-state index is 13.4. The van der Waals surface area contributed by atoms with Gasteiger partial charge in [-0.05, 0) is 38.1 Å². The van der Waals surface area contributed by atoms with Gasteiger partial charge in [-0.2, -0.15) is 0 Å². The molecular formula is C13H16F2N2O. The van der Waals surface area contributed by atoms with E-state index < -0.39 is 17.0 Å². The molecule has 18 heavy (non-hydrogen) atoms. The van der Waals surface area contributed by atoms with E-state index in [1.54, 1.807) is 0 Å². The van der Waals surface area contributed by atoms with E-state index in [-0.39, 0.29) is 11.6 Å². The number of hydrogen-bond donors (Lipinski definition) is 2. The Labute approximate surface area is 105 Å². The summed E-state index contributed by atoms with van der Waals surface area (Å²) < 4.78 is 26.2. The maximum Gasteiger partial charge on any atom is 0.230 e. The fourth-order valence-corrected chi connectivity index (χ4v) is 2.07. The lowest BCUT2D eigenvalue weighted by atomic mass is 9.80. The van der Waals surface area contributed by atoms with Crippen LogP contribution in [0.5, 0.6) is 0 Å². The highest BCUT2D eigenvalue weighted by Gasteiger charge is 2.34. The molecule has 1 heterocycles. The van der Waals surface area contributed by atoms with Crippen LogP contribution in [0.25, 0.3) is 0 Å². The number of piperidine rings is 1. The van der Waals surface area contributed by atoms with Crippen molar-refractivity contribution in [3.63, 3.8) is 0 Å². The van der Waals surface area contributed by atoms with Gasteiger partial charge in [0.2, 0.25) is 5.91 Å². The van der Waals surface area contributed by atoms with Crippen molar-refractivity contribution in [1.29, 1.82) is 0 Å². The van der Waals surface area contributed by atoms with Crippen molar-refractivity contribution in [2.45, 2.75) is 19.8 Å². The third-order valence-electron chi connectivity index (χ3n) is 3.43. The minimum Gasteiger partial charge on any atom is -0.323 e. The normalized spacial score (nSPS) is 18.4. The first-order chi connectivity index (χ1) is 8.51. The highest BCUT2D eigenvalue weighted by atomic mass is 19.1. The Kier molecular flexibility index (Phi) is 3.61. The summed E-state index contributed by atoms with van der Waals surface area (Å²) in [5.74, 6) is -1.62. The summed E-state index contributed by atoms with van der Waals surface area (Å²) in [5.41, 5.74) is -0.465. The lowest BCUT2D eigenvalue weighted by Crippen LogP contribution is -2.42. The van der Waals surface area contributed by atoms with Gasteiger partial charge in [0.15, 0.2) is 0 Å². The van der Waals surface area contributed by atoms with Gasteiger partial charge in [0.1, 0.15) is 11.6 Å². The number of hydrogen-bond acceptors (Lipinski definition) is 2. The molecule has 1 aromatic carbocycles. The molecule has 1 amide bonds. The second kappa shape index (κ2) is 5.02. The molecule has 1 aliphatic heterocycles. The number of anilines is 1. The predicted octanol–water partition coefficient (Wildman–Crippen LogP) is 2.29. The van der Waals surface area contributed by atoms with E-state index in [0.29, 0.717) is 12.8 Å². The molecule has 0 spiro atoms. The molecule has 2 N–H and O–H groups in total. The zero-order valence-corrected chi connectivity index (χ0v) is 10.2. The van der Waals surface area contributed by atoms with Crippen LogP contribution in [0.15, 0.2) is 18.2 Å². The van der Waals surface area contributed by atoms with Gasteiger partial charge in [-0.15, -0.1) is 0 Å². The molecule has 1 fully saturated rings. The fourth-order valence-electron chi connectivity index (χ4n) is 2.07. The van der Waals surface area contributed by atoms with Gasteiger partial charge in [0.25, 0.3) is 0 Å². The van der Waals surface area contributed by atoms with Crippen LogP contribution in [0.1, 0.15) is 19.8 Å². The first-order valence-electron chi connectivity index (χ1n) is 5.98. The molecule has 0 bridgehead atoms. The molecule has 0 radical (unpaired) electrons. The Balaban J connectivity index is 2.11. The summed E-state index contributed by atoms with van der Waals surface area (Å²) >= 11 is 0. The highest BCUT2D eigenvalue weighted by Crippen LogP contribution is 2.30. The molecule has 0 atom stereocenters. The largest absolute Gasteiger partial charge is 0.323 e. The SMILES string of the molecule is CC1(C(=O)Nc2ccc(F)cc2F)CCNCC1. The molecule has 1 aliphatic rings. The minimum absolute atomic E-state index is 0.0288. The Hall–Kier alpha value is -1.49. The predicted molar refractivity (Wildman–Crippen MR) is 65.2 cm³/mol. The highest BCUT2D eigenvalue weighted by molar-refractivity contribution is 5.95. The molecule has 5 heteroatoms. The Morgan fingerprint density at radius 2 is 2.00 bits per heavy atom. The van der Waals surface area contributed by atoms with Crippen LogP contribution in [-0.2, 0) is 4.79 Å². The maximum absolute atomic E-state index is 13.4. The Morgan fingerprint density at radius 3 is 2.61 bits per heavy atom. The average molecular weight is 254 g/mol. The van der Waals surface area contributed by atoms with Gasteiger partial charge in [-0.3, -0.25) is 4.79 Å². The molecule has 98 valence electrons. The summed E-state index contributed by atoms with van der Waals surface area (Å²) in [6.45, 7) is 3.41. The summed E-state index contributed by atoms with van der Waals surface area (Å²) in [4.78, 5) is 12.1. The van der Waals surface area contributed by atoms with Crippen molar-refractivity contribution in [3.05, 3.63) is 29.8 Å². The number of nitrogens with one attached hydrogen (secondary N) is 2. The molecule has 1 saturated heterocycles. The monoisotopic (exact) mass is 254 g/mol. The Morgan fingerprint density at radius 1 is 1.33 bits per heavy atom. The standard InChI is InChI=1S/C13H16F2N2O/c1-13(4-6-16-7-5-13)12(18)17-11-3-2-9(14)8-10(11)15/h2-3,8,16H,4-7H2,1H3,(H,17,18). The van der Waals surface area contributed by atoms with Crippen LogP contribution in [0, 0.1) is 17.0 Å². The zero-order chi connectivity index (χ0) is 13.2. The smallest absolute Gasteiger partial charge is 0.230 e. The third-order valence-corrected chi connectivity index (χ3v) is 3.43. The lowest BCUT2D eigenvalue weighted by molar-refractivity contribution is -0.126. The number of carbonyl (C=O) groups is 1. The molecule has 1 aromatic rings. The van der Waals surface area contributed by atoms with E-state index >= 15 is 0 Å². The van der Waals surface area contributed by atoms with Gasteiger partial charge < -0.3 is 10.6 Å². The third kappa shape index (κ3) is 2.67.